The van der Waals surface area contributed by atoms with Crippen LogP contribution in [0, 0.1) is 12.8 Å². The van der Waals surface area contributed by atoms with Crippen molar-refractivity contribution in [3.63, 3.8) is 0 Å². The van der Waals surface area contributed by atoms with Gasteiger partial charge in [0.25, 0.3) is 0 Å². The van der Waals surface area contributed by atoms with Crippen LogP contribution in [0.2, 0.25) is 0 Å². The third-order valence-corrected chi connectivity index (χ3v) is 5.55. The van der Waals surface area contributed by atoms with Gasteiger partial charge in [0.05, 0.1) is 4.88 Å². The molecule has 0 bridgehead atoms. The van der Waals surface area contributed by atoms with Crippen LogP contribution in [0.15, 0.2) is 15.9 Å². The average Bonchev–Trinajstić information content (AvgIpc) is 2.86. The maximum Gasteiger partial charge on any atom is 0.169 e. The van der Waals surface area contributed by atoms with E-state index in [1.54, 1.807) is 11.3 Å². The Labute approximate surface area is 132 Å². The van der Waals surface area contributed by atoms with Gasteiger partial charge >= 0.3 is 0 Å². The van der Waals surface area contributed by atoms with Crippen molar-refractivity contribution in [3.8, 4) is 10.7 Å². The Morgan fingerprint density at radius 2 is 2.30 bits per heavy atom. The zero-order valence-corrected chi connectivity index (χ0v) is 14.1. The smallest absolute Gasteiger partial charge is 0.169 e. The third-order valence-electron chi connectivity index (χ3n) is 3.86. The maximum absolute atomic E-state index is 4.81. The van der Waals surface area contributed by atoms with E-state index in [0.717, 1.165) is 46.2 Å². The van der Waals surface area contributed by atoms with Gasteiger partial charge in [0, 0.05) is 21.2 Å². The lowest BCUT2D eigenvalue weighted by Crippen LogP contribution is -2.26. The first-order chi connectivity index (χ1) is 9.67. The minimum Gasteiger partial charge on any atom is -0.319 e. The highest BCUT2D eigenvalue weighted by molar-refractivity contribution is 9.10. The molecular formula is C15H18BrN3S. The highest BCUT2D eigenvalue weighted by Crippen LogP contribution is 2.31. The fraction of sp³-hybridized carbons (Fsp3) is 0.467. The van der Waals surface area contributed by atoms with Gasteiger partial charge in [-0.2, -0.15) is 0 Å². The standard InChI is InChI=1S/C15H18BrN3S/c1-9-12-5-10(7-17-2)3-4-13(12)19-15(18-9)14-6-11(16)8-20-14/h6,8,10,17H,3-5,7H2,1-2H3. The largest absolute Gasteiger partial charge is 0.319 e. The van der Waals surface area contributed by atoms with E-state index >= 15 is 0 Å². The number of thiophene rings is 1. The average molecular weight is 352 g/mol. The van der Waals surface area contributed by atoms with Gasteiger partial charge in [-0.25, -0.2) is 9.97 Å². The van der Waals surface area contributed by atoms with Gasteiger partial charge in [-0.05, 0) is 73.3 Å². The van der Waals surface area contributed by atoms with E-state index in [1.807, 2.05) is 7.05 Å². The molecule has 0 radical (unpaired) electrons. The van der Waals surface area contributed by atoms with Crippen molar-refractivity contribution < 1.29 is 0 Å². The lowest BCUT2D eigenvalue weighted by Gasteiger charge is -2.25. The molecule has 0 amide bonds. The highest BCUT2D eigenvalue weighted by Gasteiger charge is 2.22. The van der Waals surface area contributed by atoms with Gasteiger partial charge in [0.1, 0.15) is 0 Å². The second-order valence-corrected chi connectivity index (χ2v) is 7.18. The molecule has 20 heavy (non-hydrogen) atoms. The molecule has 1 atom stereocenters. The van der Waals surface area contributed by atoms with Crippen LogP contribution in [0.3, 0.4) is 0 Å². The second kappa shape index (κ2) is 5.92. The van der Waals surface area contributed by atoms with E-state index in [4.69, 9.17) is 9.97 Å². The van der Waals surface area contributed by atoms with Gasteiger partial charge < -0.3 is 5.32 Å². The summed E-state index contributed by atoms with van der Waals surface area (Å²) < 4.78 is 1.10. The van der Waals surface area contributed by atoms with Crippen LogP contribution in [0.1, 0.15) is 23.4 Å². The number of rotatable bonds is 3. The molecule has 0 saturated carbocycles. The molecule has 1 aliphatic carbocycles. The normalized spacial score (nSPS) is 18.1. The van der Waals surface area contributed by atoms with Gasteiger partial charge in [0.15, 0.2) is 5.82 Å². The first-order valence-electron chi connectivity index (χ1n) is 6.92. The first-order valence-corrected chi connectivity index (χ1v) is 8.60. The maximum atomic E-state index is 4.81. The summed E-state index contributed by atoms with van der Waals surface area (Å²) >= 11 is 5.18. The number of hydrogen-bond acceptors (Lipinski definition) is 4. The van der Waals surface area contributed by atoms with E-state index in [2.05, 4.69) is 39.6 Å². The third kappa shape index (κ3) is 2.80. The molecule has 5 heteroatoms. The summed E-state index contributed by atoms with van der Waals surface area (Å²) in [4.78, 5) is 10.7. The molecule has 0 saturated heterocycles. The molecule has 2 aromatic heterocycles. The lowest BCUT2D eigenvalue weighted by atomic mass is 9.86. The zero-order valence-electron chi connectivity index (χ0n) is 11.7. The molecule has 0 spiro atoms. The minimum atomic E-state index is 0.719. The number of hydrogen-bond donors (Lipinski definition) is 1. The molecule has 1 unspecified atom stereocenters. The van der Waals surface area contributed by atoms with Crippen LogP contribution in [-0.2, 0) is 12.8 Å². The summed E-state index contributed by atoms with van der Waals surface area (Å²) in [5.74, 6) is 1.60. The van der Waals surface area contributed by atoms with Crippen molar-refractivity contribution >= 4 is 27.3 Å². The van der Waals surface area contributed by atoms with E-state index < -0.39 is 0 Å². The topological polar surface area (TPSA) is 37.8 Å². The van der Waals surface area contributed by atoms with Crippen LogP contribution in [-0.4, -0.2) is 23.6 Å². The van der Waals surface area contributed by atoms with Gasteiger partial charge in [-0.3, -0.25) is 0 Å². The first kappa shape index (κ1) is 14.2. The molecule has 2 heterocycles. The Morgan fingerprint density at radius 3 is 3.00 bits per heavy atom. The molecule has 3 nitrogen and oxygen atoms in total. The molecule has 106 valence electrons. The predicted molar refractivity (Wildman–Crippen MR) is 87.2 cm³/mol. The van der Waals surface area contributed by atoms with Crippen molar-refractivity contribution in [2.75, 3.05) is 13.6 Å². The molecule has 0 fully saturated rings. The van der Waals surface area contributed by atoms with Crippen LogP contribution >= 0.6 is 27.3 Å². The zero-order chi connectivity index (χ0) is 14.1. The fourth-order valence-corrected chi connectivity index (χ4v) is 4.22. The molecule has 0 aromatic carbocycles. The van der Waals surface area contributed by atoms with Crippen LogP contribution in [0.25, 0.3) is 10.7 Å². The lowest BCUT2D eigenvalue weighted by molar-refractivity contribution is 0.433. The van der Waals surface area contributed by atoms with Gasteiger partial charge in [-0.15, -0.1) is 11.3 Å². The van der Waals surface area contributed by atoms with Gasteiger partial charge in [-0.1, -0.05) is 0 Å². The molecule has 0 aliphatic heterocycles. The van der Waals surface area contributed by atoms with Crippen molar-refractivity contribution in [2.45, 2.75) is 26.2 Å². The number of halogens is 1. The van der Waals surface area contributed by atoms with E-state index in [9.17, 15) is 0 Å². The Morgan fingerprint density at radius 1 is 1.45 bits per heavy atom. The van der Waals surface area contributed by atoms with E-state index in [-0.39, 0.29) is 0 Å². The molecule has 2 aromatic rings. The van der Waals surface area contributed by atoms with Crippen LogP contribution in [0.5, 0.6) is 0 Å². The number of fused-ring (bicyclic) bond motifs is 1. The van der Waals surface area contributed by atoms with Gasteiger partial charge in [0.2, 0.25) is 0 Å². The quantitative estimate of drug-likeness (QED) is 0.917. The summed E-state index contributed by atoms with van der Waals surface area (Å²) in [5, 5.41) is 5.36. The molecule has 3 rings (SSSR count). The number of nitrogens with one attached hydrogen (secondary N) is 1. The number of nitrogens with zero attached hydrogens (tertiary/aromatic N) is 2. The Hall–Kier alpha value is -0.780. The summed E-state index contributed by atoms with van der Waals surface area (Å²) in [7, 11) is 2.02. The predicted octanol–water partition coefficient (Wildman–Crippen LogP) is 3.60. The van der Waals surface area contributed by atoms with Crippen molar-refractivity contribution in [1.82, 2.24) is 15.3 Å². The summed E-state index contributed by atoms with van der Waals surface area (Å²) in [6.45, 7) is 3.20. The molecule has 1 aliphatic rings. The molecule has 1 N–H and O–H groups in total. The van der Waals surface area contributed by atoms with E-state index in [0.29, 0.717) is 0 Å². The Kier molecular flexibility index (Phi) is 4.19. The number of aryl methyl sites for hydroxylation is 2. The Bertz CT molecular complexity index is 624. The summed E-state index contributed by atoms with van der Waals surface area (Å²) in [6, 6.07) is 2.10. The van der Waals surface area contributed by atoms with Crippen molar-refractivity contribution in [3.05, 3.63) is 32.9 Å². The van der Waals surface area contributed by atoms with Crippen molar-refractivity contribution in [2.24, 2.45) is 5.92 Å². The fourth-order valence-electron chi connectivity index (χ4n) is 2.86. The SMILES string of the molecule is CNCC1CCc2nc(-c3cc(Br)cs3)nc(C)c2C1. The van der Waals surface area contributed by atoms with Crippen LogP contribution in [0.4, 0.5) is 0 Å². The van der Waals surface area contributed by atoms with Crippen LogP contribution < -0.4 is 5.32 Å². The highest BCUT2D eigenvalue weighted by atomic mass is 79.9. The molecular weight excluding hydrogens is 334 g/mol. The monoisotopic (exact) mass is 351 g/mol. The Balaban J connectivity index is 1.94. The van der Waals surface area contributed by atoms with Crippen molar-refractivity contribution in [1.29, 1.82) is 0 Å². The summed E-state index contributed by atoms with van der Waals surface area (Å²) in [5.41, 5.74) is 3.77. The minimum absolute atomic E-state index is 0.719. The summed E-state index contributed by atoms with van der Waals surface area (Å²) in [6.07, 6.45) is 3.40. The second-order valence-electron chi connectivity index (χ2n) is 5.35. The van der Waals surface area contributed by atoms with E-state index in [1.165, 1.54) is 17.7 Å². The number of aromatic nitrogens is 2.